The summed E-state index contributed by atoms with van der Waals surface area (Å²) in [5.74, 6) is -0.204. The summed E-state index contributed by atoms with van der Waals surface area (Å²) in [5, 5.41) is 23.8. The van der Waals surface area contributed by atoms with Gasteiger partial charge in [0.15, 0.2) is 0 Å². The lowest BCUT2D eigenvalue weighted by Gasteiger charge is -2.37. The molecule has 0 amide bonds. The third kappa shape index (κ3) is 5.38. The molecule has 8 nitrogen and oxygen atoms in total. The Morgan fingerprint density at radius 3 is 2.34 bits per heavy atom. The number of pyridine rings is 2. The number of nitrogens with zero attached hydrogens (tertiary/aromatic N) is 6. The number of aryl methyl sites for hydroxylation is 1. The van der Waals surface area contributed by atoms with Gasteiger partial charge in [-0.2, -0.15) is 10.5 Å². The van der Waals surface area contributed by atoms with E-state index in [0.717, 1.165) is 37.0 Å². The predicted molar refractivity (Wildman–Crippen MR) is 144 cm³/mol. The molecule has 4 rings (SSSR count). The molecule has 38 heavy (non-hydrogen) atoms. The first-order chi connectivity index (χ1) is 18.0. The van der Waals surface area contributed by atoms with E-state index in [4.69, 9.17) is 4.84 Å². The minimum Gasteiger partial charge on any atom is -0.390 e. The summed E-state index contributed by atoms with van der Waals surface area (Å²) in [6, 6.07) is 13.7. The predicted octanol–water partition coefficient (Wildman–Crippen LogP) is 5.03. The van der Waals surface area contributed by atoms with Crippen molar-refractivity contribution in [2.24, 2.45) is 18.1 Å². The van der Waals surface area contributed by atoms with E-state index in [2.05, 4.69) is 16.2 Å². The molecule has 1 aliphatic rings. The van der Waals surface area contributed by atoms with Crippen LogP contribution in [0.2, 0.25) is 0 Å². The van der Waals surface area contributed by atoms with Crippen LogP contribution in [0.4, 0.5) is 10.1 Å². The molecule has 1 aromatic carbocycles. The second kappa shape index (κ2) is 10.6. The topological polar surface area (TPSA) is 107 Å². The first-order valence-corrected chi connectivity index (χ1v) is 12.6. The number of hydrogen-bond donors (Lipinski definition) is 0. The Balaban J connectivity index is 1.66. The number of hydrogen-bond acceptors (Lipinski definition) is 7. The first-order valence-electron chi connectivity index (χ1n) is 12.6. The van der Waals surface area contributed by atoms with Gasteiger partial charge < -0.3 is 14.3 Å². The van der Waals surface area contributed by atoms with Crippen molar-refractivity contribution in [3.8, 4) is 12.1 Å². The number of nitriles is 2. The fourth-order valence-electron chi connectivity index (χ4n) is 4.99. The molecule has 1 aliphatic carbocycles. The van der Waals surface area contributed by atoms with Crippen LogP contribution in [0.25, 0.3) is 11.0 Å². The van der Waals surface area contributed by atoms with Crippen molar-refractivity contribution in [1.82, 2.24) is 9.55 Å². The van der Waals surface area contributed by atoms with E-state index in [1.54, 1.807) is 31.3 Å². The number of anilines is 1. The van der Waals surface area contributed by atoms with E-state index in [9.17, 15) is 19.7 Å². The summed E-state index contributed by atoms with van der Waals surface area (Å²) < 4.78 is 15.0. The van der Waals surface area contributed by atoms with Crippen molar-refractivity contribution < 1.29 is 9.23 Å². The van der Waals surface area contributed by atoms with Gasteiger partial charge >= 0.3 is 0 Å². The Labute approximate surface area is 221 Å². The van der Waals surface area contributed by atoms with Crippen LogP contribution >= 0.6 is 0 Å². The van der Waals surface area contributed by atoms with E-state index in [1.165, 1.54) is 16.7 Å². The highest BCUT2D eigenvalue weighted by atomic mass is 19.1. The molecule has 0 atom stereocenters. The molecule has 0 spiro atoms. The minimum atomic E-state index is -0.466. The molecule has 9 heteroatoms. The molecule has 3 aromatic rings. The third-order valence-corrected chi connectivity index (χ3v) is 6.98. The zero-order chi connectivity index (χ0) is 27.6. The molecular formula is C29H31FN6O2. The smallest absolute Gasteiger partial charge is 0.270 e. The quantitative estimate of drug-likeness (QED) is 0.349. The number of aromatic nitrogens is 2. The fraction of sp³-hybridized carbons (Fsp3) is 0.414. The second-order valence-corrected chi connectivity index (χ2v) is 10.7. The molecule has 1 fully saturated rings. The van der Waals surface area contributed by atoms with Crippen LogP contribution in [0.5, 0.6) is 0 Å². The maximum absolute atomic E-state index is 13.6. The van der Waals surface area contributed by atoms with Crippen LogP contribution in [0, 0.1) is 34.4 Å². The van der Waals surface area contributed by atoms with E-state index >= 15 is 0 Å². The van der Waals surface area contributed by atoms with Gasteiger partial charge in [0, 0.05) is 26.1 Å². The van der Waals surface area contributed by atoms with Crippen molar-refractivity contribution in [3.05, 3.63) is 69.4 Å². The third-order valence-electron chi connectivity index (χ3n) is 6.98. The normalized spacial score (nSPS) is 18.1. The van der Waals surface area contributed by atoms with Crippen molar-refractivity contribution in [2.75, 3.05) is 11.9 Å². The van der Waals surface area contributed by atoms with Gasteiger partial charge in [-0.1, -0.05) is 17.3 Å². The zero-order valence-corrected chi connectivity index (χ0v) is 22.3. The Morgan fingerprint density at radius 2 is 1.76 bits per heavy atom. The van der Waals surface area contributed by atoms with Crippen LogP contribution in [0.15, 0.2) is 46.3 Å². The van der Waals surface area contributed by atoms with Gasteiger partial charge in [0.25, 0.3) is 5.56 Å². The van der Waals surface area contributed by atoms with E-state index in [1.807, 2.05) is 38.8 Å². The summed E-state index contributed by atoms with van der Waals surface area (Å²) >= 11 is 0. The zero-order valence-electron chi connectivity index (χ0n) is 22.3. The summed E-state index contributed by atoms with van der Waals surface area (Å²) in [7, 11) is 3.47. The minimum absolute atomic E-state index is 0.0133. The lowest BCUT2D eigenvalue weighted by Crippen LogP contribution is -2.39. The summed E-state index contributed by atoms with van der Waals surface area (Å²) in [6.07, 6.45) is 3.13. The van der Waals surface area contributed by atoms with Crippen LogP contribution < -0.4 is 10.5 Å². The molecule has 0 saturated heterocycles. The Bertz CT molecular complexity index is 1510. The largest absolute Gasteiger partial charge is 0.390 e. The van der Waals surface area contributed by atoms with Gasteiger partial charge in [0.1, 0.15) is 40.3 Å². The maximum Gasteiger partial charge on any atom is 0.270 e. The van der Waals surface area contributed by atoms with Gasteiger partial charge in [-0.25, -0.2) is 9.37 Å². The van der Waals surface area contributed by atoms with Gasteiger partial charge in [-0.15, -0.1) is 0 Å². The summed E-state index contributed by atoms with van der Waals surface area (Å²) in [6.45, 7) is 5.78. The van der Waals surface area contributed by atoms with Gasteiger partial charge in [-0.3, -0.25) is 4.79 Å². The van der Waals surface area contributed by atoms with Crippen LogP contribution in [0.3, 0.4) is 0 Å². The Kier molecular flexibility index (Phi) is 7.50. The van der Waals surface area contributed by atoms with Crippen LogP contribution in [-0.2, 0) is 11.9 Å². The monoisotopic (exact) mass is 514 g/mol. The molecule has 0 bridgehead atoms. The van der Waals surface area contributed by atoms with E-state index < -0.39 is 11.2 Å². The van der Waals surface area contributed by atoms with Crippen molar-refractivity contribution in [1.29, 1.82) is 10.5 Å². The highest BCUT2D eigenvalue weighted by molar-refractivity contribution is 6.02. The van der Waals surface area contributed by atoms with Gasteiger partial charge in [0.05, 0.1) is 16.9 Å². The molecule has 0 radical (unpaired) electrons. The molecular weight excluding hydrogens is 483 g/mol. The van der Waals surface area contributed by atoms with Crippen molar-refractivity contribution in [2.45, 2.75) is 58.1 Å². The van der Waals surface area contributed by atoms with Crippen molar-refractivity contribution >= 4 is 22.4 Å². The number of fused-ring (bicyclic) bond motifs is 1. The molecule has 0 unspecified atom stereocenters. The van der Waals surface area contributed by atoms with Crippen LogP contribution in [0.1, 0.15) is 63.3 Å². The van der Waals surface area contributed by atoms with Crippen molar-refractivity contribution in [3.63, 3.8) is 0 Å². The molecule has 0 aliphatic heterocycles. The molecule has 196 valence electrons. The van der Waals surface area contributed by atoms with E-state index in [0.29, 0.717) is 16.7 Å². The van der Waals surface area contributed by atoms with E-state index in [-0.39, 0.29) is 29.0 Å². The fourth-order valence-corrected chi connectivity index (χ4v) is 4.99. The first kappa shape index (κ1) is 26.8. The summed E-state index contributed by atoms with van der Waals surface area (Å²) in [4.78, 5) is 25.2. The molecule has 2 heterocycles. The molecule has 1 saturated carbocycles. The Hall–Kier alpha value is -4.24. The maximum atomic E-state index is 13.6. The lowest BCUT2D eigenvalue weighted by atomic mass is 9.80. The Morgan fingerprint density at radius 1 is 1.11 bits per heavy atom. The summed E-state index contributed by atoms with van der Waals surface area (Å²) in [5.41, 5.74) is 2.46. The standard InChI is InChI=1S/C29H31FN6O2/c1-29(2,3)38-34-25(18-6-10-20(30)11-7-18)19-8-13-22(14-9-19)35(4)27-23(17-32)28(37)36(5)24-15-12-21(16-31)33-26(24)27/h6-7,10-12,15,19,22H,8-9,13-14H2,1-5H3/b34-25+/t19-,22+. The molecule has 0 N–H and O–H groups in total. The second-order valence-electron chi connectivity index (χ2n) is 10.7. The number of benzene rings is 1. The lowest BCUT2D eigenvalue weighted by molar-refractivity contribution is -0.0000304. The molecule has 2 aromatic heterocycles. The number of rotatable bonds is 5. The highest BCUT2D eigenvalue weighted by Crippen LogP contribution is 2.35. The average molecular weight is 515 g/mol. The SMILES string of the molecule is Cn1c(=O)c(C#N)c(N(C)[C@H]2CC[C@@H](/C(=N/OC(C)(C)C)c3ccc(F)cc3)CC2)c2nc(C#N)ccc21. The average Bonchev–Trinajstić information content (AvgIpc) is 2.90. The number of halogens is 1. The van der Waals surface area contributed by atoms with Crippen LogP contribution in [-0.4, -0.2) is 34.0 Å². The number of oxime groups is 1. The highest BCUT2D eigenvalue weighted by Gasteiger charge is 2.31. The van der Waals surface area contributed by atoms with Gasteiger partial charge in [0.2, 0.25) is 0 Å². The van der Waals surface area contributed by atoms with Gasteiger partial charge in [-0.05, 0) is 76.3 Å².